The normalized spacial score (nSPS) is 10.2. The molecular weight excluding hydrogens is 278 g/mol. The van der Waals surface area contributed by atoms with E-state index in [0.29, 0.717) is 5.88 Å². The number of hydrogen-bond acceptors (Lipinski definition) is 2. The van der Waals surface area contributed by atoms with Gasteiger partial charge in [0.1, 0.15) is 5.75 Å². The van der Waals surface area contributed by atoms with E-state index in [9.17, 15) is 0 Å². The van der Waals surface area contributed by atoms with Crippen LogP contribution in [-0.4, -0.2) is 4.98 Å². The van der Waals surface area contributed by atoms with Crippen molar-refractivity contribution in [1.82, 2.24) is 4.98 Å². The van der Waals surface area contributed by atoms with Crippen molar-refractivity contribution in [3.05, 3.63) is 52.6 Å². The van der Waals surface area contributed by atoms with E-state index in [-0.39, 0.29) is 0 Å². The van der Waals surface area contributed by atoms with Crippen LogP contribution >= 0.6 is 15.9 Å². The highest BCUT2D eigenvalue weighted by Gasteiger charge is 1.99. The molecule has 0 unspecified atom stereocenters. The zero-order chi connectivity index (χ0) is 12.1. The molecule has 0 aliphatic heterocycles. The van der Waals surface area contributed by atoms with E-state index in [1.807, 2.05) is 36.5 Å². The Labute approximate surface area is 110 Å². The second-order valence-electron chi connectivity index (χ2n) is 3.81. The SMILES string of the molecule is CCCc1ccc(Oc2ccc(Br)cc2)nc1. The lowest BCUT2D eigenvalue weighted by Crippen LogP contribution is -1.90. The Bertz CT molecular complexity index is 465. The van der Waals surface area contributed by atoms with Gasteiger partial charge in [-0.15, -0.1) is 0 Å². The van der Waals surface area contributed by atoms with Crippen LogP contribution in [0.15, 0.2) is 47.1 Å². The standard InChI is InChI=1S/C14H14BrNO/c1-2-3-11-4-9-14(16-10-11)17-13-7-5-12(15)6-8-13/h4-10H,2-3H2,1H3. The smallest absolute Gasteiger partial charge is 0.219 e. The van der Waals surface area contributed by atoms with E-state index in [4.69, 9.17) is 4.74 Å². The summed E-state index contributed by atoms with van der Waals surface area (Å²) >= 11 is 3.39. The summed E-state index contributed by atoms with van der Waals surface area (Å²) in [6, 6.07) is 11.7. The Balaban J connectivity index is 2.05. The number of aryl methyl sites for hydroxylation is 1. The highest BCUT2D eigenvalue weighted by atomic mass is 79.9. The Kier molecular flexibility index (Phi) is 4.15. The van der Waals surface area contributed by atoms with E-state index in [1.54, 1.807) is 0 Å². The molecule has 0 aliphatic carbocycles. The molecule has 0 saturated heterocycles. The molecule has 3 heteroatoms. The molecule has 0 aliphatic rings. The van der Waals surface area contributed by atoms with Crippen molar-refractivity contribution in [3.63, 3.8) is 0 Å². The second kappa shape index (κ2) is 5.82. The summed E-state index contributed by atoms with van der Waals surface area (Å²) in [5.41, 5.74) is 1.25. The Morgan fingerprint density at radius 2 is 1.88 bits per heavy atom. The predicted octanol–water partition coefficient (Wildman–Crippen LogP) is 4.59. The number of benzene rings is 1. The Hall–Kier alpha value is -1.35. The third-order valence-electron chi connectivity index (χ3n) is 2.37. The molecular formula is C14H14BrNO. The van der Waals surface area contributed by atoms with Gasteiger partial charge in [0.05, 0.1) is 0 Å². The van der Waals surface area contributed by atoms with Crippen LogP contribution in [0.5, 0.6) is 11.6 Å². The van der Waals surface area contributed by atoms with Gasteiger partial charge in [-0.05, 0) is 36.2 Å². The lowest BCUT2D eigenvalue weighted by Gasteiger charge is -2.05. The highest BCUT2D eigenvalue weighted by molar-refractivity contribution is 9.10. The van der Waals surface area contributed by atoms with Crippen LogP contribution in [0.3, 0.4) is 0 Å². The van der Waals surface area contributed by atoms with E-state index < -0.39 is 0 Å². The quantitative estimate of drug-likeness (QED) is 0.822. The first-order valence-electron chi connectivity index (χ1n) is 5.66. The second-order valence-corrected chi connectivity index (χ2v) is 4.73. The van der Waals surface area contributed by atoms with E-state index in [0.717, 1.165) is 23.1 Å². The van der Waals surface area contributed by atoms with E-state index in [1.165, 1.54) is 5.56 Å². The summed E-state index contributed by atoms with van der Waals surface area (Å²) in [5.74, 6) is 1.43. The Morgan fingerprint density at radius 1 is 1.12 bits per heavy atom. The van der Waals surface area contributed by atoms with Gasteiger partial charge >= 0.3 is 0 Å². The molecule has 0 amide bonds. The molecule has 0 N–H and O–H groups in total. The molecule has 1 heterocycles. The van der Waals surface area contributed by atoms with Crippen LogP contribution in [-0.2, 0) is 6.42 Å². The third kappa shape index (κ3) is 3.56. The van der Waals surface area contributed by atoms with Crippen LogP contribution in [0.4, 0.5) is 0 Å². The van der Waals surface area contributed by atoms with Crippen molar-refractivity contribution < 1.29 is 4.74 Å². The summed E-state index contributed by atoms with van der Waals surface area (Å²) < 4.78 is 6.67. The molecule has 2 aromatic rings. The van der Waals surface area contributed by atoms with Crippen molar-refractivity contribution in [2.45, 2.75) is 19.8 Å². The van der Waals surface area contributed by atoms with Crippen LogP contribution in [0, 0.1) is 0 Å². The molecule has 0 atom stereocenters. The number of halogens is 1. The number of rotatable bonds is 4. The van der Waals surface area contributed by atoms with Crippen molar-refractivity contribution in [1.29, 1.82) is 0 Å². The molecule has 0 radical (unpaired) electrons. The van der Waals surface area contributed by atoms with Gasteiger partial charge < -0.3 is 4.74 Å². The van der Waals surface area contributed by atoms with Crippen molar-refractivity contribution in [2.75, 3.05) is 0 Å². The van der Waals surface area contributed by atoms with Crippen molar-refractivity contribution >= 4 is 15.9 Å². The molecule has 0 saturated carbocycles. The van der Waals surface area contributed by atoms with Gasteiger partial charge in [0.15, 0.2) is 0 Å². The summed E-state index contributed by atoms with van der Waals surface area (Å²) in [6.07, 6.45) is 4.07. The molecule has 1 aromatic carbocycles. The van der Waals surface area contributed by atoms with Gasteiger partial charge in [0.25, 0.3) is 0 Å². The zero-order valence-electron chi connectivity index (χ0n) is 9.69. The Morgan fingerprint density at radius 3 is 2.47 bits per heavy atom. The number of hydrogen-bond donors (Lipinski definition) is 0. The van der Waals surface area contributed by atoms with Crippen LogP contribution in [0.25, 0.3) is 0 Å². The fourth-order valence-electron chi connectivity index (χ4n) is 1.53. The first-order valence-corrected chi connectivity index (χ1v) is 6.45. The molecule has 2 rings (SSSR count). The van der Waals surface area contributed by atoms with Crippen LogP contribution < -0.4 is 4.74 Å². The topological polar surface area (TPSA) is 22.1 Å². The average Bonchev–Trinajstić information content (AvgIpc) is 2.35. The fourth-order valence-corrected chi connectivity index (χ4v) is 1.80. The van der Waals surface area contributed by atoms with Gasteiger partial charge in [-0.25, -0.2) is 4.98 Å². The number of ether oxygens (including phenoxy) is 1. The molecule has 88 valence electrons. The maximum atomic E-state index is 5.63. The number of pyridine rings is 1. The van der Waals surface area contributed by atoms with Gasteiger partial charge in [-0.3, -0.25) is 0 Å². The lowest BCUT2D eigenvalue weighted by atomic mass is 10.2. The monoisotopic (exact) mass is 291 g/mol. The fraction of sp³-hybridized carbons (Fsp3) is 0.214. The van der Waals surface area contributed by atoms with Gasteiger partial charge in [0, 0.05) is 16.7 Å². The molecule has 0 bridgehead atoms. The van der Waals surface area contributed by atoms with E-state index >= 15 is 0 Å². The maximum Gasteiger partial charge on any atom is 0.219 e. The molecule has 0 fully saturated rings. The zero-order valence-corrected chi connectivity index (χ0v) is 11.3. The largest absolute Gasteiger partial charge is 0.439 e. The minimum absolute atomic E-state index is 0.632. The summed E-state index contributed by atoms with van der Waals surface area (Å²) in [5, 5.41) is 0. The van der Waals surface area contributed by atoms with Crippen LogP contribution in [0.2, 0.25) is 0 Å². The van der Waals surface area contributed by atoms with Crippen LogP contribution in [0.1, 0.15) is 18.9 Å². The minimum Gasteiger partial charge on any atom is -0.439 e. The predicted molar refractivity (Wildman–Crippen MR) is 72.4 cm³/mol. The van der Waals surface area contributed by atoms with Gasteiger partial charge in [0.2, 0.25) is 5.88 Å². The summed E-state index contributed by atoms with van der Waals surface area (Å²) in [6.45, 7) is 2.16. The highest BCUT2D eigenvalue weighted by Crippen LogP contribution is 2.21. The maximum absolute atomic E-state index is 5.63. The molecule has 0 spiro atoms. The van der Waals surface area contributed by atoms with E-state index in [2.05, 4.69) is 33.9 Å². The summed E-state index contributed by atoms with van der Waals surface area (Å²) in [7, 11) is 0. The molecule has 1 aromatic heterocycles. The first kappa shape index (κ1) is 12.1. The summed E-state index contributed by atoms with van der Waals surface area (Å²) in [4.78, 5) is 4.28. The number of aromatic nitrogens is 1. The van der Waals surface area contributed by atoms with Crippen molar-refractivity contribution in [3.8, 4) is 11.6 Å². The molecule has 2 nitrogen and oxygen atoms in total. The van der Waals surface area contributed by atoms with Gasteiger partial charge in [-0.1, -0.05) is 35.3 Å². The molecule has 17 heavy (non-hydrogen) atoms. The number of nitrogens with zero attached hydrogens (tertiary/aromatic N) is 1. The third-order valence-corrected chi connectivity index (χ3v) is 2.90. The van der Waals surface area contributed by atoms with Crippen molar-refractivity contribution in [2.24, 2.45) is 0 Å². The van der Waals surface area contributed by atoms with Gasteiger partial charge in [-0.2, -0.15) is 0 Å². The average molecular weight is 292 g/mol. The first-order chi connectivity index (χ1) is 8.28. The lowest BCUT2D eigenvalue weighted by molar-refractivity contribution is 0.462. The minimum atomic E-state index is 0.632.